The number of alkyl halides is 14. The summed E-state index contributed by atoms with van der Waals surface area (Å²) in [6.45, 7) is -7.65. The summed E-state index contributed by atoms with van der Waals surface area (Å²) in [5.74, 6) is -92.0. The average molecular weight is 1230 g/mol. The molecule has 82 heavy (non-hydrogen) atoms. The second-order valence-corrected chi connectivity index (χ2v) is 16.3. The molecule has 6 rings (SSSR count). The highest BCUT2D eigenvalue weighted by Crippen LogP contribution is 2.58. The van der Waals surface area contributed by atoms with E-state index < -0.39 is 210 Å². The molecule has 0 unspecified atom stereocenters. The Morgan fingerprint density at radius 3 is 0.780 bits per heavy atom. The summed E-state index contributed by atoms with van der Waals surface area (Å²) in [5, 5.41) is 0. The van der Waals surface area contributed by atoms with E-state index in [4.69, 9.17) is 4.74 Å². The largest absolute Gasteiger partial charge is 0.497 e. The summed E-state index contributed by atoms with van der Waals surface area (Å²) in [6, 6.07) is 2.32. The Hall–Kier alpha value is -7.78. The van der Waals surface area contributed by atoms with Crippen molar-refractivity contribution in [3.05, 3.63) is 153 Å². The molecule has 0 aliphatic carbocycles. The third-order valence-corrected chi connectivity index (χ3v) is 11.6. The summed E-state index contributed by atoms with van der Waals surface area (Å²) in [7, 11) is 1.38. The third kappa shape index (κ3) is 9.81. The maximum atomic E-state index is 15.4. The Morgan fingerprint density at radius 1 is 0.293 bits per heavy atom. The molecule has 0 saturated heterocycles. The van der Waals surface area contributed by atoms with Gasteiger partial charge in [0.05, 0.1) is 36.5 Å². The van der Waals surface area contributed by atoms with Gasteiger partial charge in [-0.2, -0.15) is 96.6 Å². The van der Waals surface area contributed by atoms with Gasteiger partial charge in [-0.1, -0.05) is 24.3 Å². The number of ether oxygens (including phenoxy) is 5. The number of benzene rings is 6. The Kier molecular flexibility index (Phi) is 16.6. The first kappa shape index (κ1) is 63.4. The van der Waals surface area contributed by atoms with Crippen LogP contribution in [0.2, 0.25) is 0 Å². The number of methoxy groups -OCH3 is 2. The normalized spacial score (nSPS) is 13.0. The van der Waals surface area contributed by atoms with Crippen molar-refractivity contribution in [3.63, 3.8) is 0 Å². The molecule has 446 valence electrons. The molecule has 0 aliphatic heterocycles. The Labute approximate surface area is 433 Å². The fourth-order valence-corrected chi connectivity index (χ4v) is 7.53. The maximum Gasteiger partial charge on any atom is 0.411 e. The van der Waals surface area contributed by atoms with Gasteiger partial charge in [-0.3, -0.25) is 0 Å². The molecule has 0 heterocycles. The van der Waals surface area contributed by atoms with Crippen molar-refractivity contribution >= 4 is 0 Å². The van der Waals surface area contributed by atoms with Crippen LogP contribution in [0.3, 0.4) is 0 Å². The maximum absolute atomic E-state index is 15.4. The number of hydrogen-bond donors (Lipinski definition) is 0. The monoisotopic (exact) mass is 1230 g/mol. The van der Waals surface area contributed by atoms with Gasteiger partial charge in [0.25, 0.3) is 0 Å². The summed E-state index contributed by atoms with van der Waals surface area (Å²) in [4.78, 5) is 0. The fourth-order valence-electron chi connectivity index (χ4n) is 7.53. The van der Waals surface area contributed by atoms with E-state index in [1.165, 1.54) is 0 Å². The van der Waals surface area contributed by atoms with Gasteiger partial charge in [0, 0.05) is 0 Å². The molecule has 0 saturated carbocycles. The molecule has 0 amide bonds. The molecule has 0 N–H and O–H groups in total. The van der Waals surface area contributed by atoms with Crippen LogP contribution in [0.15, 0.2) is 48.5 Å². The summed E-state index contributed by atoms with van der Waals surface area (Å²) in [5.41, 5.74) is -19.3. The SMILES string of the molecule is COc1ccc(C(c2ccc(Oc3c(F)c(F)c(-c4c(F)c(F)c(OCC(F)(F)C(F)(F)C(F)(F)C(F)(F)COc5c(F)c(F)c(-c6c(F)c(F)c(OC)c(F)c6F)c(F)c5F)c(F)c4F)c(F)c3F)cc2)(C(F)(F)F)C(F)(F)F)cc1. The van der Waals surface area contributed by atoms with Gasteiger partial charge >= 0.3 is 36.0 Å². The van der Waals surface area contributed by atoms with Crippen LogP contribution in [-0.2, 0) is 5.41 Å². The van der Waals surface area contributed by atoms with E-state index >= 15 is 35.1 Å². The Balaban J connectivity index is 1.27. The molecule has 35 heteroatoms. The molecule has 5 nitrogen and oxygen atoms in total. The molecular formula is C47H18F30O5. The van der Waals surface area contributed by atoms with Crippen molar-refractivity contribution in [3.8, 4) is 56.8 Å². The first-order valence-electron chi connectivity index (χ1n) is 20.9. The quantitative estimate of drug-likeness (QED) is 0.0673. The van der Waals surface area contributed by atoms with Crippen LogP contribution in [0.4, 0.5) is 132 Å². The Morgan fingerprint density at radius 2 is 0.537 bits per heavy atom. The van der Waals surface area contributed by atoms with Gasteiger partial charge in [-0.25, -0.2) is 35.1 Å². The molecule has 6 aromatic rings. The van der Waals surface area contributed by atoms with Crippen LogP contribution in [0.5, 0.6) is 34.5 Å². The van der Waals surface area contributed by atoms with E-state index in [1.54, 1.807) is 0 Å². The lowest BCUT2D eigenvalue weighted by Gasteiger charge is -2.38. The summed E-state index contributed by atoms with van der Waals surface area (Å²) in [6.07, 6.45) is -12.5. The standard InChI is InChI=1S/C47H18F30O5/c1-78-15-7-3-13(4-8-15)43(46(72,73)74,47(75,76)77)14-5-9-16(10-6-14)82-40-35(62)27(54)20(28(55)36(40)63)19-25(52)33(60)39(34(61)26(19)53)81-12-42(66,67)45(70,71)44(68,69)41(64,65)11-80-38-31(58)23(50)18(24(51)32(38)59)17-21(48)29(56)37(79-2)30(57)22(17)49/h3-10H,11-12H2,1-2H3. The van der Waals surface area contributed by atoms with Crippen molar-refractivity contribution in [2.45, 2.75) is 41.5 Å². The number of halogens is 30. The minimum Gasteiger partial charge on any atom is -0.497 e. The van der Waals surface area contributed by atoms with Gasteiger partial charge < -0.3 is 23.7 Å². The van der Waals surface area contributed by atoms with E-state index in [0.717, 1.165) is 7.11 Å². The van der Waals surface area contributed by atoms with Crippen LogP contribution < -0.4 is 23.7 Å². The van der Waals surface area contributed by atoms with Gasteiger partial charge in [-0.15, -0.1) is 0 Å². The average Bonchev–Trinajstić information content (AvgIpc) is 3.42. The van der Waals surface area contributed by atoms with Gasteiger partial charge in [0.1, 0.15) is 11.5 Å². The lowest BCUT2D eigenvalue weighted by atomic mass is 9.73. The van der Waals surface area contributed by atoms with Gasteiger partial charge in [-0.05, 0) is 35.4 Å². The van der Waals surface area contributed by atoms with Gasteiger partial charge in [0.15, 0.2) is 77.0 Å². The van der Waals surface area contributed by atoms with Crippen molar-refractivity contribution in [2.75, 3.05) is 27.4 Å². The second kappa shape index (κ2) is 21.5. The molecule has 0 aliphatic rings. The van der Waals surface area contributed by atoms with E-state index in [0.29, 0.717) is 31.4 Å². The molecule has 0 atom stereocenters. The first-order chi connectivity index (χ1) is 37.6. The molecule has 0 bridgehead atoms. The minimum atomic E-state index is -7.80. The summed E-state index contributed by atoms with van der Waals surface area (Å²) >= 11 is 0. The third-order valence-electron chi connectivity index (χ3n) is 11.6. The predicted octanol–water partition coefficient (Wildman–Crippen LogP) is 16.5. The fraction of sp³-hybridized carbons (Fsp3) is 0.234. The first-order valence-corrected chi connectivity index (χ1v) is 20.9. The van der Waals surface area contributed by atoms with Crippen molar-refractivity contribution in [1.29, 1.82) is 0 Å². The van der Waals surface area contributed by atoms with E-state index in [9.17, 15) is 96.6 Å². The van der Waals surface area contributed by atoms with Crippen LogP contribution in [0.25, 0.3) is 22.3 Å². The zero-order valence-corrected chi connectivity index (χ0v) is 38.9. The molecule has 0 aromatic heterocycles. The zero-order chi connectivity index (χ0) is 62.3. The van der Waals surface area contributed by atoms with Crippen LogP contribution >= 0.6 is 0 Å². The predicted molar refractivity (Wildman–Crippen MR) is 213 cm³/mol. The highest BCUT2D eigenvalue weighted by atomic mass is 19.4. The molecule has 0 fully saturated rings. The lowest BCUT2D eigenvalue weighted by molar-refractivity contribution is -0.372. The lowest BCUT2D eigenvalue weighted by Crippen LogP contribution is -2.65. The Bertz CT molecular complexity index is 3340. The summed E-state index contributed by atoms with van der Waals surface area (Å²) < 4.78 is 464. The molecular weight excluding hydrogens is 1210 g/mol. The molecule has 0 spiro atoms. The van der Waals surface area contributed by atoms with Crippen molar-refractivity contribution < 1.29 is 155 Å². The van der Waals surface area contributed by atoms with Crippen molar-refractivity contribution in [2.24, 2.45) is 0 Å². The highest BCUT2D eigenvalue weighted by Gasteiger charge is 2.81. The second-order valence-electron chi connectivity index (χ2n) is 16.3. The minimum absolute atomic E-state index is 0.00416. The molecule has 6 aromatic carbocycles. The molecule has 0 radical (unpaired) electrons. The highest BCUT2D eigenvalue weighted by molar-refractivity contribution is 5.71. The zero-order valence-electron chi connectivity index (χ0n) is 38.9. The van der Waals surface area contributed by atoms with Crippen LogP contribution in [0, 0.1) is 93.1 Å². The van der Waals surface area contributed by atoms with Crippen molar-refractivity contribution in [1.82, 2.24) is 0 Å². The number of rotatable bonds is 17. The van der Waals surface area contributed by atoms with Crippen LogP contribution in [0.1, 0.15) is 11.1 Å². The number of hydrogen-bond acceptors (Lipinski definition) is 5. The van der Waals surface area contributed by atoms with E-state index in [-0.39, 0.29) is 30.0 Å². The van der Waals surface area contributed by atoms with E-state index in [2.05, 4.69) is 18.9 Å². The van der Waals surface area contributed by atoms with E-state index in [1.807, 2.05) is 0 Å². The van der Waals surface area contributed by atoms with Crippen LogP contribution in [-0.4, -0.2) is 63.5 Å². The topological polar surface area (TPSA) is 46.2 Å². The smallest absolute Gasteiger partial charge is 0.411 e. The van der Waals surface area contributed by atoms with Gasteiger partial charge in [0.2, 0.25) is 57.7 Å².